The van der Waals surface area contributed by atoms with E-state index in [1.165, 1.54) is 23.3 Å². The van der Waals surface area contributed by atoms with Crippen molar-refractivity contribution in [1.82, 2.24) is 4.90 Å². The Hall–Kier alpha value is -1.64. The van der Waals surface area contributed by atoms with Crippen LogP contribution >= 0.6 is 0 Å². The van der Waals surface area contributed by atoms with E-state index in [0.717, 1.165) is 19.4 Å². The monoisotopic (exact) mass is 233 g/mol. The van der Waals surface area contributed by atoms with Crippen LogP contribution in [0.1, 0.15) is 26.7 Å². The van der Waals surface area contributed by atoms with E-state index in [1.807, 2.05) is 13.0 Å². The summed E-state index contributed by atoms with van der Waals surface area (Å²) in [6.45, 7) is 5.51. The molecule has 0 saturated carbocycles. The van der Waals surface area contributed by atoms with Crippen molar-refractivity contribution in [2.24, 2.45) is 0 Å². The van der Waals surface area contributed by atoms with E-state index in [1.54, 1.807) is 4.90 Å². The lowest BCUT2D eigenvalue weighted by molar-refractivity contribution is -0.126. The number of aldehydes is 1. The molecule has 0 atom stereocenters. The molecule has 0 aromatic carbocycles. The summed E-state index contributed by atoms with van der Waals surface area (Å²) in [5, 5.41) is 0. The number of nitrogens with zero attached hydrogens (tertiary/aromatic N) is 1. The maximum atomic E-state index is 11.7. The van der Waals surface area contributed by atoms with Crippen LogP contribution in [0, 0.1) is 0 Å². The number of carbonyl (C=O) groups excluding carboxylic acids is 2. The maximum Gasteiger partial charge on any atom is 0.246 e. The molecule has 1 rings (SSSR count). The molecule has 3 heteroatoms. The summed E-state index contributed by atoms with van der Waals surface area (Å²) < 4.78 is 0. The van der Waals surface area contributed by atoms with Crippen LogP contribution in [-0.2, 0) is 9.59 Å². The third-order valence-corrected chi connectivity index (χ3v) is 2.92. The molecule has 92 valence electrons. The number of rotatable bonds is 4. The van der Waals surface area contributed by atoms with Crippen LogP contribution in [0.3, 0.4) is 0 Å². The topological polar surface area (TPSA) is 37.4 Å². The van der Waals surface area contributed by atoms with E-state index >= 15 is 0 Å². The van der Waals surface area contributed by atoms with Gasteiger partial charge in [0, 0.05) is 19.2 Å². The molecule has 0 radical (unpaired) electrons. The molecule has 17 heavy (non-hydrogen) atoms. The summed E-state index contributed by atoms with van der Waals surface area (Å²) >= 11 is 0. The van der Waals surface area contributed by atoms with Gasteiger partial charge in [-0.2, -0.15) is 0 Å². The van der Waals surface area contributed by atoms with Gasteiger partial charge in [0.05, 0.1) is 0 Å². The van der Waals surface area contributed by atoms with E-state index < -0.39 is 0 Å². The molecule has 0 bridgehead atoms. The van der Waals surface area contributed by atoms with Gasteiger partial charge >= 0.3 is 0 Å². The van der Waals surface area contributed by atoms with Gasteiger partial charge in [0.15, 0.2) is 0 Å². The van der Waals surface area contributed by atoms with E-state index in [4.69, 9.17) is 0 Å². The highest BCUT2D eigenvalue weighted by molar-refractivity contribution is 5.91. The first-order valence-electron chi connectivity index (χ1n) is 5.97. The zero-order valence-electron chi connectivity index (χ0n) is 10.5. The Morgan fingerprint density at radius 2 is 2.24 bits per heavy atom. The van der Waals surface area contributed by atoms with Gasteiger partial charge in [0.2, 0.25) is 5.91 Å². The van der Waals surface area contributed by atoms with Crippen LogP contribution in [-0.4, -0.2) is 30.2 Å². The Morgan fingerprint density at radius 1 is 1.47 bits per heavy atom. The van der Waals surface area contributed by atoms with Crippen molar-refractivity contribution in [2.45, 2.75) is 26.7 Å². The van der Waals surface area contributed by atoms with Crippen molar-refractivity contribution >= 4 is 12.2 Å². The fourth-order valence-electron chi connectivity index (χ4n) is 2.02. The summed E-state index contributed by atoms with van der Waals surface area (Å²) in [4.78, 5) is 23.7. The largest absolute Gasteiger partial charge is 0.335 e. The smallest absolute Gasteiger partial charge is 0.246 e. The minimum Gasteiger partial charge on any atom is -0.335 e. The molecule has 0 aromatic rings. The quantitative estimate of drug-likeness (QED) is 0.551. The summed E-state index contributed by atoms with van der Waals surface area (Å²) in [5.74, 6) is -0.0887. The van der Waals surface area contributed by atoms with Crippen molar-refractivity contribution in [2.75, 3.05) is 13.1 Å². The molecule has 0 aliphatic carbocycles. The molecule has 0 aromatic heterocycles. The molecule has 0 N–H and O–H groups in total. The van der Waals surface area contributed by atoms with Crippen LogP contribution in [0.2, 0.25) is 0 Å². The highest BCUT2D eigenvalue weighted by Gasteiger charge is 2.18. The second-order valence-corrected chi connectivity index (χ2v) is 3.99. The Balaban J connectivity index is 2.78. The zero-order valence-corrected chi connectivity index (χ0v) is 10.5. The molecule has 1 heterocycles. The summed E-state index contributed by atoms with van der Waals surface area (Å²) in [6, 6.07) is 0. The lowest BCUT2D eigenvalue weighted by Gasteiger charge is -2.29. The van der Waals surface area contributed by atoms with Gasteiger partial charge in [-0.15, -0.1) is 0 Å². The number of amides is 1. The van der Waals surface area contributed by atoms with Gasteiger partial charge in [0.1, 0.15) is 6.29 Å². The molecule has 1 amide bonds. The first-order valence-corrected chi connectivity index (χ1v) is 5.97. The van der Waals surface area contributed by atoms with Gasteiger partial charge in [-0.05, 0) is 31.4 Å². The lowest BCUT2D eigenvalue weighted by Crippen LogP contribution is -2.35. The molecule has 0 spiro atoms. The lowest BCUT2D eigenvalue weighted by atomic mass is 9.97. The molecule has 0 saturated heterocycles. The molecular formula is C14H19NO2. The van der Waals surface area contributed by atoms with Gasteiger partial charge in [-0.1, -0.05) is 24.6 Å². The standard InChI is InChI=1S/C14H19NO2/c1-3-6-13-11-15(9-8-12(13)4-2)14(17)7-5-10-16/h3,5-7,10H,4,8-9,11H2,1-2H3/b6-3-,7-5+. The third kappa shape index (κ3) is 3.70. The molecule has 0 fully saturated rings. The van der Waals surface area contributed by atoms with E-state index in [2.05, 4.69) is 13.0 Å². The van der Waals surface area contributed by atoms with E-state index in [0.29, 0.717) is 12.8 Å². The van der Waals surface area contributed by atoms with Crippen LogP contribution in [0.4, 0.5) is 0 Å². The maximum absolute atomic E-state index is 11.7. The van der Waals surface area contributed by atoms with Crippen molar-refractivity contribution in [3.05, 3.63) is 35.5 Å². The SMILES string of the molecule is C/C=C\C1=C(CC)CCN(C(=O)/C=C/C=O)C1. The van der Waals surface area contributed by atoms with Crippen molar-refractivity contribution < 1.29 is 9.59 Å². The summed E-state index contributed by atoms with van der Waals surface area (Å²) in [5.41, 5.74) is 2.65. The second kappa shape index (κ2) is 6.84. The molecule has 1 aliphatic heterocycles. The fourth-order valence-corrected chi connectivity index (χ4v) is 2.02. The Morgan fingerprint density at radius 3 is 2.82 bits per heavy atom. The average Bonchev–Trinajstić information content (AvgIpc) is 2.36. The highest BCUT2D eigenvalue weighted by atomic mass is 16.2. The second-order valence-electron chi connectivity index (χ2n) is 3.99. The first kappa shape index (κ1) is 13.4. The van der Waals surface area contributed by atoms with Crippen LogP contribution in [0.25, 0.3) is 0 Å². The Labute approximate surface area is 102 Å². The minimum absolute atomic E-state index is 0.0887. The Bertz CT molecular complexity index is 378. The van der Waals surface area contributed by atoms with Gasteiger partial charge < -0.3 is 4.90 Å². The summed E-state index contributed by atoms with van der Waals surface area (Å²) in [7, 11) is 0. The predicted molar refractivity (Wildman–Crippen MR) is 68.5 cm³/mol. The van der Waals surface area contributed by atoms with Gasteiger partial charge in [0.25, 0.3) is 0 Å². The zero-order chi connectivity index (χ0) is 12.7. The van der Waals surface area contributed by atoms with Crippen molar-refractivity contribution in [3.63, 3.8) is 0 Å². The predicted octanol–water partition coefficient (Wildman–Crippen LogP) is 2.26. The number of hydrogen-bond donors (Lipinski definition) is 0. The van der Waals surface area contributed by atoms with Crippen LogP contribution in [0.15, 0.2) is 35.5 Å². The van der Waals surface area contributed by atoms with Crippen LogP contribution in [0.5, 0.6) is 0 Å². The first-order chi connectivity index (χ1) is 8.22. The Kier molecular flexibility index (Phi) is 5.40. The highest BCUT2D eigenvalue weighted by Crippen LogP contribution is 2.21. The molecule has 3 nitrogen and oxygen atoms in total. The third-order valence-electron chi connectivity index (χ3n) is 2.92. The molecule has 0 unspecified atom stereocenters. The van der Waals surface area contributed by atoms with Gasteiger partial charge in [-0.3, -0.25) is 9.59 Å². The molecule has 1 aliphatic rings. The van der Waals surface area contributed by atoms with Crippen molar-refractivity contribution in [1.29, 1.82) is 0 Å². The number of allylic oxidation sites excluding steroid dienone is 2. The average molecular weight is 233 g/mol. The van der Waals surface area contributed by atoms with Crippen LogP contribution < -0.4 is 0 Å². The molecular weight excluding hydrogens is 214 g/mol. The van der Waals surface area contributed by atoms with Crippen molar-refractivity contribution in [3.8, 4) is 0 Å². The number of carbonyl (C=O) groups is 2. The van der Waals surface area contributed by atoms with Gasteiger partial charge in [-0.25, -0.2) is 0 Å². The van der Waals surface area contributed by atoms with E-state index in [9.17, 15) is 9.59 Å². The minimum atomic E-state index is -0.0887. The fraction of sp³-hybridized carbons (Fsp3) is 0.429. The number of hydrogen-bond acceptors (Lipinski definition) is 2. The van der Waals surface area contributed by atoms with E-state index in [-0.39, 0.29) is 5.91 Å². The summed E-state index contributed by atoms with van der Waals surface area (Å²) in [6.07, 6.45) is 9.24. The normalized spacial score (nSPS) is 17.2.